The van der Waals surface area contributed by atoms with Gasteiger partial charge in [0.25, 0.3) is 0 Å². The largest absolute Gasteiger partial charge is 1.00 e. The maximum absolute atomic E-state index is 2.57. The van der Waals surface area contributed by atoms with E-state index in [1.807, 2.05) is 0 Å². The van der Waals surface area contributed by atoms with Gasteiger partial charge in [-0.3, -0.25) is 0 Å². The Morgan fingerprint density at radius 2 is 1.10 bits per heavy atom. The Balaban J connectivity index is 0.00000120. The first-order valence-electron chi connectivity index (χ1n) is 10.9. The Kier molecular flexibility index (Phi) is 7.22. The van der Waals surface area contributed by atoms with Crippen LogP contribution in [0.25, 0.3) is 12.2 Å². The van der Waals surface area contributed by atoms with E-state index in [0.717, 1.165) is 8.45 Å². The van der Waals surface area contributed by atoms with Crippen molar-refractivity contribution in [3.05, 3.63) is 81.9 Å². The number of benzene rings is 2. The van der Waals surface area contributed by atoms with E-state index in [2.05, 4.69) is 74.5 Å². The molecule has 0 amide bonds. The van der Waals surface area contributed by atoms with E-state index in [0.29, 0.717) is 0 Å². The number of rotatable bonds is 6. The minimum Gasteiger partial charge on any atom is -1.00 e. The predicted molar refractivity (Wildman–Crippen MR) is 114 cm³/mol. The third kappa shape index (κ3) is 3.72. The average molecular weight is 461 g/mol. The van der Waals surface area contributed by atoms with Gasteiger partial charge in [0, 0.05) is 0 Å². The van der Waals surface area contributed by atoms with Crippen LogP contribution in [0.15, 0.2) is 59.7 Å². The molecule has 152 valence electrons. The fraction of sp³-hybridized carbons (Fsp3) is 0.385. The zero-order chi connectivity index (χ0) is 18.4. The summed E-state index contributed by atoms with van der Waals surface area (Å²) in [6.45, 7) is 4.70. The van der Waals surface area contributed by atoms with E-state index < -0.39 is 16.6 Å². The molecule has 1 aliphatic heterocycles. The topological polar surface area (TPSA) is 0 Å². The van der Waals surface area contributed by atoms with Crippen molar-refractivity contribution in [3.63, 3.8) is 0 Å². The molecule has 0 bridgehead atoms. The summed E-state index contributed by atoms with van der Waals surface area (Å²) < 4.78 is 4.72. The first-order valence-corrected chi connectivity index (χ1v) is 14.9. The molecular weight excluding hydrogens is 431 g/mol. The first kappa shape index (κ1) is 22.9. The van der Waals surface area contributed by atoms with E-state index in [9.17, 15) is 0 Å². The molecule has 5 rings (SSSR count). The summed E-state index contributed by atoms with van der Waals surface area (Å²) in [7, 11) is 0. The van der Waals surface area contributed by atoms with Gasteiger partial charge in [-0.25, -0.2) is 0 Å². The quantitative estimate of drug-likeness (QED) is 0.577. The molecule has 1 fully saturated rings. The van der Waals surface area contributed by atoms with E-state index >= 15 is 0 Å². The minimum atomic E-state index is -2.07. The van der Waals surface area contributed by atoms with Crippen LogP contribution < -0.4 is 24.8 Å². The number of hydrogen-bond acceptors (Lipinski definition) is 0. The Morgan fingerprint density at radius 1 is 0.690 bits per heavy atom. The molecule has 1 saturated heterocycles. The molecule has 0 saturated carbocycles. The summed E-state index contributed by atoms with van der Waals surface area (Å²) in [6.07, 6.45) is 10.2. The van der Waals surface area contributed by atoms with Crippen LogP contribution in [-0.2, 0) is 16.6 Å². The van der Waals surface area contributed by atoms with Crippen molar-refractivity contribution < 1.29 is 41.4 Å². The molecule has 2 aromatic carbocycles. The van der Waals surface area contributed by atoms with Gasteiger partial charge in [-0.15, -0.1) is 0 Å². The zero-order valence-electron chi connectivity index (χ0n) is 17.4. The monoisotopic (exact) mass is 460 g/mol. The molecular formula is C26H30Cl2Ti. The number of halogens is 2. The van der Waals surface area contributed by atoms with Gasteiger partial charge >= 0.3 is 168 Å². The van der Waals surface area contributed by atoms with Gasteiger partial charge in [0.1, 0.15) is 0 Å². The summed E-state index contributed by atoms with van der Waals surface area (Å²) in [5.41, 5.74) is 9.95. The maximum atomic E-state index is 2.57. The predicted octanol–water partition coefficient (Wildman–Crippen LogP) is 1.88. The van der Waals surface area contributed by atoms with Gasteiger partial charge in [-0.1, -0.05) is 0 Å². The molecule has 2 atom stereocenters. The maximum Gasteiger partial charge on any atom is -1.00 e. The summed E-state index contributed by atoms with van der Waals surface area (Å²) in [4.78, 5) is 0. The smallest absolute Gasteiger partial charge is 1.00 e. The molecule has 1 heterocycles. The molecule has 29 heavy (non-hydrogen) atoms. The SMILES string of the molecule is CCCC1=Cc2ccccc2[CH]1[Ti+2]1([CH]2C(CCC)=Cc3ccccc32)[CH2][CH2]1.[Cl-].[Cl-]. The second kappa shape index (κ2) is 9.15. The van der Waals surface area contributed by atoms with Gasteiger partial charge in [0.2, 0.25) is 0 Å². The van der Waals surface area contributed by atoms with Gasteiger partial charge in [0.15, 0.2) is 0 Å². The van der Waals surface area contributed by atoms with Crippen molar-refractivity contribution in [1.82, 2.24) is 0 Å². The van der Waals surface area contributed by atoms with E-state index in [1.165, 1.54) is 36.8 Å². The van der Waals surface area contributed by atoms with Gasteiger partial charge in [0.05, 0.1) is 0 Å². The van der Waals surface area contributed by atoms with E-state index in [1.54, 1.807) is 31.7 Å². The number of fused-ring (bicyclic) bond motifs is 2. The molecule has 0 spiro atoms. The van der Waals surface area contributed by atoms with Gasteiger partial charge < -0.3 is 24.8 Å². The number of allylic oxidation sites excluding steroid dienone is 2. The molecule has 0 nitrogen and oxygen atoms in total. The summed E-state index contributed by atoms with van der Waals surface area (Å²) >= 11 is -2.07. The van der Waals surface area contributed by atoms with Crippen molar-refractivity contribution >= 4 is 12.2 Å². The molecule has 2 aliphatic carbocycles. The third-order valence-corrected chi connectivity index (χ3v) is 15.4. The van der Waals surface area contributed by atoms with Gasteiger partial charge in [-0.2, -0.15) is 0 Å². The minimum absolute atomic E-state index is 0. The van der Waals surface area contributed by atoms with Crippen molar-refractivity contribution in [2.45, 2.75) is 57.4 Å². The summed E-state index contributed by atoms with van der Waals surface area (Å²) in [5, 5.41) is 0. The standard InChI is InChI=1S/2C12H13.C2H4.2ClH.Ti/c2*1-2-5-10-8-11-6-3-4-7-12(11)9-10;1-2;;;/h2*3-4,6-9H,2,5H2,1H3;1-2H2;2*1H;/q;;;;;+2/p-2. The van der Waals surface area contributed by atoms with Crippen molar-refractivity contribution in [2.24, 2.45) is 0 Å². The van der Waals surface area contributed by atoms with Crippen LogP contribution in [0.3, 0.4) is 0 Å². The molecule has 3 aliphatic rings. The van der Waals surface area contributed by atoms with Crippen LogP contribution in [0.1, 0.15) is 70.2 Å². The van der Waals surface area contributed by atoms with Crippen LogP contribution in [-0.4, -0.2) is 0 Å². The Morgan fingerprint density at radius 3 is 1.48 bits per heavy atom. The Bertz CT molecular complexity index is 866. The van der Waals surface area contributed by atoms with Crippen molar-refractivity contribution in [1.29, 1.82) is 0 Å². The Hall–Kier alpha value is -0.786. The van der Waals surface area contributed by atoms with Gasteiger partial charge in [-0.05, 0) is 0 Å². The van der Waals surface area contributed by atoms with Crippen molar-refractivity contribution in [3.8, 4) is 0 Å². The summed E-state index contributed by atoms with van der Waals surface area (Å²) in [5.74, 6) is 0. The van der Waals surface area contributed by atoms with E-state index in [-0.39, 0.29) is 24.8 Å². The zero-order valence-corrected chi connectivity index (χ0v) is 20.5. The van der Waals surface area contributed by atoms with Crippen LogP contribution in [0, 0.1) is 0 Å². The normalized spacial score (nSPS) is 21.4. The second-order valence-electron chi connectivity index (χ2n) is 8.80. The van der Waals surface area contributed by atoms with Crippen LogP contribution >= 0.6 is 0 Å². The average Bonchev–Trinajstić information content (AvgIpc) is 3.23. The van der Waals surface area contributed by atoms with Crippen molar-refractivity contribution in [2.75, 3.05) is 0 Å². The molecule has 0 aromatic heterocycles. The second-order valence-corrected chi connectivity index (χ2v) is 16.0. The van der Waals surface area contributed by atoms with E-state index in [4.69, 9.17) is 0 Å². The fourth-order valence-electron chi connectivity index (χ4n) is 6.03. The third-order valence-electron chi connectivity index (χ3n) is 7.09. The van der Waals surface area contributed by atoms with Crippen LogP contribution in [0.2, 0.25) is 9.45 Å². The molecule has 3 heteroatoms. The van der Waals surface area contributed by atoms with Crippen LogP contribution in [0.5, 0.6) is 0 Å². The Labute approximate surface area is 192 Å². The molecule has 2 aromatic rings. The molecule has 2 unspecified atom stereocenters. The number of hydrogen-bond donors (Lipinski definition) is 0. The molecule has 0 N–H and O–H groups in total. The summed E-state index contributed by atoms with van der Waals surface area (Å²) in [6, 6.07) is 18.6. The van der Waals surface area contributed by atoms with Crippen LogP contribution in [0.4, 0.5) is 0 Å². The fourth-order valence-corrected chi connectivity index (χ4v) is 16.4. The first-order chi connectivity index (χ1) is 13.3. The molecule has 0 radical (unpaired) electrons.